The molecule has 2 N–H and O–H groups in total. The van der Waals surface area contributed by atoms with Gasteiger partial charge < -0.3 is 47.7 Å². The number of carbonyl (C=O) groups is 6. The van der Waals surface area contributed by atoms with E-state index in [0.29, 0.717) is 41.4 Å². The number of methoxy groups -OCH3 is 1. The van der Waals surface area contributed by atoms with Crippen LogP contribution in [-0.2, 0) is 58.1 Å². The van der Waals surface area contributed by atoms with Gasteiger partial charge in [-0.25, -0.2) is 14.4 Å². The van der Waals surface area contributed by atoms with Crippen molar-refractivity contribution in [2.75, 3.05) is 13.7 Å². The topological polar surface area (TPSA) is 209 Å². The predicted octanol–water partition coefficient (Wildman–Crippen LogP) is 11.9. The van der Waals surface area contributed by atoms with E-state index < -0.39 is 129 Å². The van der Waals surface area contributed by atoms with Gasteiger partial charge in [-0.15, -0.1) is 6.58 Å². The fourth-order valence-corrected chi connectivity index (χ4v) is 23.4. The molecule has 2 bridgehead atoms. The number of hydrogen-bond acceptors (Lipinski definition) is 15. The number of hydrogen-bond donors (Lipinski definition) is 2. The largest absolute Gasteiger partial charge is 0.497 e. The van der Waals surface area contributed by atoms with Crippen LogP contribution < -0.4 is 10.1 Å². The van der Waals surface area contributed by atoms with E-state index in [0.717, 1.165) is 11.6 Å². The predicted molar refractivity (Wildman–Crippen MR) is 329 cm³/mol. The van der Waals surface area contributed by atoms with Gasteiger partial charge in [0.05, 0.1) is 42.8 Å². The number of fused-ring (bicyclic) bond motifs is 5. The molecule has 3 aromatic rings. The Morgan fingerprint density at radius 3 is 2.00 bits per heavy atom. The molecule has 0 spiro atoms. The molecule has 1 amide bonds. The lowest BCUT2D eigenvalue weighted by Crippen LogP contribution is -2.82. The molecule has 3 aromatic carbocycles. The molecule has 0 aromatic heterocycles. The number of esters is 4. The summed E-state index contributed by atoms with van der Waals surface area (Å²) in [5.74, 6) is -5.86. The fourth-order valence-electron chi connectivity index (χ4n) is 15.0. The number of benzene rings is 3. The Labute approximate surface area is 505 Å². The van der Waals surface area contributed by atoms with Crippen LogP contribution in [0.4, 0.5) is 0 Å². The van der Waals surface area contributed by atoms with Crippen LogP contribution in [0.25, 0.3) is 0 Å². The van der Waals surface area contributed by atoms with Crippen LogP contribution in [0.1, 0.15) is 148 Å². The zero-order valence-electron chi connectivity index (χ0n) is 52.5. The first-order valence-electron chi connectivity index (χ1n) is 30.2. The Morgan fingerprint density at radius 1 is 0.835 bits per heavy atom. The molecule has 0 unspecified atom stereocenters. The lowest BCUT2D eigenvalue weighted by atomic mass is 9.44. The Kier molecular flexibility index (Phi) is 20.4. The summed E-state index contributed by atoms with van der Waals surface area (Å²) >= 11 is 0. The van der Waals surface area contributed by atoms with Crippen molar-refractivity contribution in [3.05, 3.63) is 138 Å². The lowest BCUT2D eigenvalue weighted by Gasteiger charge is -2.68. The number of carbonyl (C=O) groups excluding carboxylic acids is 6. The molecule has 11 atom stereocenters. The number of amides is 1. The van der Waals surface area contributed by atoms with Crippen molar-refractivity contribution in [2.45, 2.75) is 205 Å². The van der Waals surface area contributed by atoms with Crippen LogP contribution in [0, 0.1) is 16.7 Å². The van der Waals surface area contributed by atoms with Gasteiger partial charge >= 0.3 is 23.9 Å². The fraction of sp³-hybridized carbons (Fsp3) is 0.552. The minimum Gasteiger partial charge on any atom is -0.497 e. The highest BCUT2D eigenvalue weighted by molar-refractivity contribution is 6.77. The van der Waals surface area contributed by atoms with Gasteiger partial charge in [0, 0.05) is 36.8 Å². The molecular weight excluding hydrogens is 1110 g/mol. The Balaban J connectivity index is 1.55. The molecule has 2 saturated carbocycles. The van der Waals surface area contributed by atoms with Crippen molar-refractivity contribution in [1.29, 1.82) is 0 Å². The maximum atomic E-state index is 16.9. The maximum Gasteiger partial charge on any atom is 0.338 e. The summed E-state index contributed by atoms with van der Waals surface area (Å²) in [4.78, 5) is 91.1. The van der Waals surface area contributed by atoms with Crippen LogP contribution in [-0.4, -0.2) is 119 Å². The number of allylic oxidation sites excluding steroid dienone is 1. The highest BCUT2D eigenvalue weighted by Gasteiger charge is 2.79. The summed E-state index contributed by atoms with van der Waals surface area (Å²) in [6.07, 6.45) is -5.98. The molecule has 4 aliphatic rings. The summed E-state index contributed by atoms with van der Waals surface area (Å²) in [7, 11) is -4.41. The zero-order chi connectivity index (χ0) is 62.8. The van der Waals surface area contributed by atoms with Gasteiger partial charge in [0.25, 0.3) is 5.91 Å². The minimum absolute atomic E-state index is 0.0318. The second kappa shape index (κ2) is 26.1. The molecule has 1 saturated heterocycles. The van der Waals surface area contributed by atoms with Crippen LogP contribution >= 0.6 is 0 Å². The molecule has 18 heteroatoms. The lowest BCUT2D eigenvalue weighted by molar-refractivity contribution is -0.344. The quantitative estimate of drug-likeness (QED) is 0.0281. The molecule has 3 aliphatic carbocycles. The Morgan fingerprint density at radius 2 is 1.45 bits per heavy atom. The van der Waals surface area contributed by atoms with Gasteiger partial charge in [-0.1, -0.05) is 137 Å². The van der Waals surface area contributed by atoms with E-state index in [1.165, 1.54) is 26.2 Å². The normalized spacial score (nSPS) is 27.0. The van der Waals surface area contributed by atoms with Crippen molar-refractivity contribution in [2.24, 2.45) is 16.7 Å². The molecule has 462 valence electrons. The molecule has 3 fully saturated rings. The van der Waals surface area contributed by atoms with Crippen molar-refractivity contribution in [3.8, 4) is 5.75 Å². The number of ether oxygens (including phenoxy) is 6. The molecule has 7 rings (SSSR count). The molecule has 1 aliphatic heterocycles. The summed E-state index contributed by atoms with van der Waals surface area (Å²) in [5, 5.41) is 18.0. The monoisotopic (exact) mass is 1210 g/mol. The highest BCUT2D eigenvalue weighted by Crippen LogP contribution is 2.65. The zero-order valence-corrected chi connectivity index (χ0v) is 54.5. The Hall–Kier alpha value is -6.03. The average molecular weight is 1210 g/mol. The number of ketones is 1. The van der Waals surface area contributed by atoms with E-state index in [9.17, 15) is 19.5 Å². The van der Waals surface area contributed by atoms with Crippen molar-refractivity contribution in [3.63, 3.8) is 0 Å². The molecular formula is C67H91NO15Si2. The van der Waals surface area contributed by atoms with Gasteiger partial charge in [-0.2, -0.15) is 0 Å². The summed E-state index contributed by atoms with van der Waals surface area (Å²) in [5.41, 5.74) is -5.96. The van der Waals surface area contributed by atoms with Gasteiger partial charge in [0.2, 0.25) is 8.32 Å². The number of nitrogens with one attached hydrogen (secondary N) is 1. The van der Waals surface area contributed by atoms with Gasteiger partial charge in [0.15, 0.2) is 31.9 Å². The van der Waals surface area contributed by atoms with Crippen LogP contribution in [0.5, 0.6) is 5.75 Å². The van der Waals surface area contributed by atoms with Crippen molar-refractivity contribution >= 4 is 52.2 Å². The van der Waals surface area contributed by atoms with E-state index in [1.807, 2.05) is 24.3 Å². The minimum atomic E-state index is -3.15. The summed E-state index contributed by atoms with van der Waals surface area (Å²) in [6, 6.07) is 23.2. The SMILES string of the molecule is C=CCc1ccccc1[C@H](NC(=O)c1ccccc1)[C@@H](O[Si](C(C)C)(C(C)C)C(C)C)C(=O)O[C@H]1C[C@@]2(O)[C@@H](OC(=O)c3cccc(OC)c3)[C@@H]3[C@]4(OC(=O)C=C)CO[C@@H]4C[C@H](O[Si](CC)(CC)CC)[C@@]3(C)C(=O)[C@H](OC(C)=O)C(=C1C)C2(C)C. The third-order valence-corrected chi connectivity index (χ3v) is 30.5. The molecule has 85 heavy (non-hydrogen) atoms. The van der Waals surface area contributed by atoms with E-state index in [1.54, 1.807) is 76.2 Å². The van der Waals surface area contributed by atoms with Crippen LogP contribution in [0.15, 0.2) is 115 Å². The van der Waals surface area contributed by atoms with Crippen molar-refractivity contribution < 1.29 is 71.1 Å². The van der Waals surface area contributed by atoms with E-state index >= 15 is 14.4 Å². The number of aliphatic hydroxyl groups is 1. The number of Topliss-reactive ketones (excluding diaryl/α,β-unsaturated/α-hetero) is 1. The number of rotatable bonds is 24. The maximum absolute atomic E-state index is 16.9. The summed E-state index contributed by atoms with van der Waals surface area (Å²) < 4.78 is 53.8. The van der Waals surface area contributed by atoms with E-state index in [4.69, 9.17) is 37.3 Å². The third-order valence-electron chi connectivity index (χ3n) is 19.8. The highest BCUT2D eigenvalue weighted by atomic mass is 28.4. The second-order valence-corrected chi connectivity index (χ2v) is 35.4. The first-order chi connectivity index (χ1) is 40.1. The van der Waals surface area contributed by atoms with Crippen LogP contribution in [0.3, 0.4) is 0 Å². The van der Waals surface area contributed by atoms with E-state index in [-0.39, 0.29) is 46.4 Å². The first-order valence-corrected chi connectivity index (χ1v) is 34.8. The van der Waals surface area contributed by atoms with Crippen molar-refractivity contribution in [1.82, 2.24) is 5.32 Å². The molecule has 1 heterocycles. The Bertz CT molecular complexity index is 2990. The summed E-state index contributed by atoms with van der Waals surface area (Å²) in [6.45, 7) is 34.0. The molecule has 0 radical (unpaired) electrons. The average Bonchev–Trinajstić information content (AvgIpc) is 0.680. The second-order valence-electron chi connectivity index (χ2n) is 25.3. The van der Waals surface area contributed by atoms with Gasteiger partial charge in [0.1, 0.15) is 29.7 Å². The standard InChI is InChI=1S/C67H91NO15Si2/c1-18-29-45-30-26-27-35-49(45)55(68-61(72)46-31-24-23-25-32-46)57(83-85(40(6)7,41(8)9)42(10)11)63(74)79-50-38-67(75)60(80-62(73)47-33-28-34-48(36-47)76-17)58-65(16,59(71)56(78-44(13)69)54(43(50)12)64(67,14)15)51(82-84(20-3,21-4)22-5)37-52-66(58,39-77-52)81-53(70)19-2/h18-19,23-28,30-36,40-42,50-52,55-58,60,75H,1-2,20-22,29,37-39H2,3-17H3,(H,68,72)/t50-,51-,52+,55-,56+,57+,58-,60-,65+,66-,67+/m0/s1. The van der Waals surface area contributed by atoms with Gasteiger partial charge in [-0.3, -0.25) is 14.4 Å². The van der Waals surface area contributed by atoms with Crippen LogP contribution in [0.2, 0.25) is 34.8 Å². The third kappa shape index (κ3) is 12.0. The van der Waals surface area contributed by atoms with E-state index in [2.05, 4.69) is 80.8 Å². The molecule has 16 nitrogen and oxygen atoms in total. The first kappa shape index (κ1) is 66.5. The smallest absolute Gasteiger partial charge is 0.338 e. The van der Waals surface area contributed by atoms with Gasteiger partial charge in [-0.05, 0) is 108 Å².